The lowest BCUT2D eigenvalue weighted by molar-refractivity contribution is 0.0210. The van der Waals surface area contributed by atoms with Crippen LogP contribution in [0.25, 0.3) is 11.1 Å². The van der Waals surface area contributed by atoms with Gasteiger partial charge in [0.15, 0.2) is 0 Å². The van der Waals surface area contributed by atoms with E-state index in [9.17, 15) is 4.79 Å². The highest BCUT2D eigenvalue weighted by atomic mass is 16.6. The van der Waals surface area contributed by atoms with Gasteiger partial charge in [0.1, 0.15) is 11.4 Å². The third-order valence-corrected chi connectivity index (χ3v) is 6.54. The standard InChI is InChI=1S/C28H34N6O2/c1-28(2,3)36-27(35)33-16-12-22(13-17-33)31-26-29-14-11-25(32-26)34-15-7-10-23-24(34)18-21(19-30-23)20-8-5-4-6-9-20/h4-6,8-9,11,14,18-19,22H,7,10,12-13,15-17H2,1-3H3,(H,29,31,32). The molecule has 0 saturated carbocycles. The monoisotopic (exact) mass is 486 g/mol. The number of benzene rings is 1. The molecule has 2 aromatic heterocycles. The number of aromatic nitrogens is 3. The molecule has 36 heavy (non-hydrogen) atoms. The van der Waals surface area contributed by atoms with Gasteiger partial charge in [-0.1, -0.05) is 30.3 Å². The molecule has 1 saturated heterocycles. The van der Waals surface area contributed by atoms with E-state index < -0.39 is 5.60 Å². The van der Waals surface area contributed by atoms with Gasteiger partial charge in [-0.2, -0.15) is 4.98 Å². The molecule has 4 heterocycles. The average Bonchev–Trinajstić information content (AvgIpc) is 2.88. The zero-order valence-corrected chi connectivity index (χ0v) is 21.3. The molecule has 0 aliphatic carbocycles. The molecule has 1 aromatic carbocycles. The molecule has 0 radical (unpaired) electrons. The summed E-state index contributed by atoms with van der Waals surface area (Å²) in [5.74, 6) is 1.48. The zero-order chi connectivity index (χ0) is 25.1. The van der Waals surface area contributed by atoms with Crippen molar-refractivity contribution in [3.8, 4) is 11.1 Å². The summed E-state index contributed by atoms with van der Waals surface area (Å²) in [7, 11) is 0. The number of carbonyl (C=O) groups is 1. The van der Waals surface area contributed by atoms with Crippen LogP contribution in [0.1, 0.15) is 45.7 Å². The molecule has 0 spiro atoms. The number of ether oxygens (including phenoxy) is 1. The third-order valence-electron chi connectivity index (χ3n) is 6.54. The number of hydrogen-bond donors (Lipinski definition) is 1. The van der Waals surface area contributed by atoms with Crippen LogP contribution in [-0.4, -0.2) is 57.2 Å². The molecule has 5 rings (SSSR count). The lowest BCUT2D eigenvalue weighted by atomic mass is 10.0. The molecule has 1 N–H and O–H groups in total. The van der Waals surface area contributed by atoms with Crippen LogP contribution in [0.15, 0.2) is 54.9 Å². The molecule has 8 nitrogen and oxygen atoms in total. The van der Waals surface area contributed by atoms with E-state index in [-0.39, 0.29) is 12.1 Å². The van der Waals surface area contributed by atoms with Crippen molar-refractivity contribution in [3.05, 3.63) is 60.6 Å². The Kier molecular flexibility index (Phi) is 6.76. The first-order chi connectivity index (χ1) is 17.4. The summed E-state index contributed by atoms with van der Waals surface area (Å²) in [6.07, 6.45) is 7.17. The lowest BCUT2D eigenvalue weighted by Crippen LogP contribution is -2.44. The second-order valence-electron chi connectivity index (χ2n) is 10.4. The number of nitrogens with zero attached hydrogens (tertiary/aromatic N) is 5. The summed E-state index contributed by atoms with van der Waals surface area (Å²) in [4.78, 5) is 30.5. The number of fused-ring (bicyclic) bond motifs is 1. The Morgan fingerprint density at radius 1 is 1.03 bits per heavy atom. The maximum atomic E-state index is 12.4. The number of likely N-dealkylation sites (tertiary alicyclic amines) is 1. The van der Waals surface area contributed by atoms with Crippen molar-refractivity contribution < 1.29 is 9.53 Å². The molecule has 3 aromatic rings. The van der Waals surface area contributed by atoms with Gasteiger partial charge in [-0.3, -0.25) is 4.98 Å². The number of amides is 1. The highest BCUT2D eigenvalue weighted by molar-refractivity contribution is 5.73. The fourth-order valence-electron chi connectivity index (χ4n) is 4.74. The van der Waals surface area contributed by atoms with Crippen molar-refractivity contribution in [2.45, 2.75) is 58.1 Å². The van der Waals surface area contributed by atoms with Gasteiger partial charge in [0.05, 0.1) is 11.4 Å². The molecule has 0 bridgehead atoms. The lowest BCUT2D eigenvalue weighted by Gasteiger charge is -2.34. The van der Waals surface area contributed by atoms with Crippen LogP contribution in [0.5, 0.6) is 0 Å². The van der Waals surface area contributed by atoms with E-state index in [0.29, 0.717) is 19.0 Å². The van der Waals surface area contributed by atoms with Gasteiger partial charge in [0.25, 0.3) is 0 Å². The third kappa shape index (κ3) is 5.58. The van der Waals surface area contributed by atoms with Crippen molar-refractivity contribution >= 4 is 23.5 Å². The maximum Gasteiger partial charge on any atom is 0.410 e. The van der Waals surface area contributed by atoms with Crippen molar-refractivity contribution in [3.63, 3.8) is 0 Å². The minimum Gasteiger partial charge on any atom is -0.444 e. The van der Waals surface area contributed by atoms with E-state index in [0.717, 1.165) is 60.6 Å². The van der Waals surface area contributed by atoms with Crippen molar-refractivity contribution in [1.29, 1.82) is 0 Å². The number of anilines is 3. The molecule has 0 unspecified atom stereocenters. The van der Waals surface area contributed by atoms with E-state index in [4.69, 9.17) is 14.7 Å². The minimum atomic E-state index is -0.481. The smallest absolute Gasteiger partial charge is 0.410 e. The van der Waals surface area contributed by atoms with E-state index in [1.807, 2.05) is 57.4 Å². The van der Waals surface area contributed by atoms with Crippen LogP contribution in [0.4, 0.5) is 22.2 Å². The highest BCUT2D eigenvalue weighted by Crippen LogP contribution is 2.34. The van der Waals surface area contributed by atoms with Crippen LogP contribution >= 0.6 is 0 Å². The van der Waals surface area contributed by atoms with Gasteiger partial charge in [-0.05, 0) is 64.2 Å². The van der Waals surface area contributed by atoms with Crippen molar-refractivity contribution in [2.24, 2.45) is 0 Å². The Morgan fingerprint density at radius 3 is 2.56 bits per heavy atom. The van der Waals surface area contributed by atoms with Crippen LogP contribution < -0.4 is 10.2 Å². The first-order valence-corrected chi connectivity index (χ1v) is 12.8. The number of aryl methyl sites for hydroxylation is 1. The molecule has 1 amide bonds. The first-order valence-electron chi connectivity index (χ1n) is 12.8. The van der Waals surface area contributed by atoms with Gasteiger partial charge >= 0.3 is 6.09 Å². The fourth-order valence-corrected chi connectivity index (χ4v) is 4.74. The SMILES string of the molecule is CC(C)(C)OC(=O)N1CCC(Nc2nccc(N3CCCc4ncc(-c5ccccc5)cc43)n2)CC1. The first kappa shape index (κ1) is 24.0. The molecule has 8 heteroatoms. The van der Waals surface area contributed by atoms with Crippen LogP contribution in [-0.2, 0) is 11.2 Å². The highest BCUT2D eigenvalue weighted by Gasteiger charge is 2.27. The Morgan fingerprint density at radius 2 is 1.81 bits per heavy atom. The summed E-state index contributed by atoms with van der Waals surface area (Å²) in [5, 5.41) is 3.49. The number of carbonyl (C=O) groups excluding carboxylic acids is 1. The number of hydrogen-bond acceptors (Lipinski definition) is 7. The van der Waals surface area contributed by atoms with E-state index in [1.54, 1.807) is 4.90 Å². The minimum absolute atomic E-state index is 0.207. The molecule has 1 fully saturated rings. The second kappa shape index (κ2) is 10.1. The molecule has 2 aliphatic heterocycles. The van der Waals surface area contributed by atoms with Crippen LogP contribution in [0.3, 0.4) is 0 Å². The Hall–Kier alpha value is -3.68. The number of rotatable bonds is 4. The number of nitrogens with one attached hydrogen (secondary N) is 1. The predicted octanol–water partition coefficient (Wildman–Crippen LogP) is 5.43. The number of piperidine rings is 1. The quantitative estimate of drug-likeness (QED) is 0.526. The Bertz CT molecular complexity index is 1200. The number of pyridine rings is 1. The van der Waals surface area contributed by atoms with Gasteiger partial charge < -0.3 is 19.9 Å². The molecule has 2 aliphatic rings. The van der Waals surface area contributed by atoms with Gasteiger partial charge in [0.2, 0.25) is 5.95 Å². The molecule has 188 valence electrons. The molecular formula is C28H34N6O2. The molecular weight excluding hydrogens is 452 g/mol. The van der Waals surface area contributed by atoms with E-state index in [1.165, 1.54) is 0 Å². The second-order valence-corrected chi connectivity index (χ2v) is 10.4. The summed E-state index contributed by atoms with van der Waals surface area (Å²) >= 11 is 0. The van der Waals surface area contributed by atoms with Gasteiger partial charge in [-0.15, -0.1) is 0 Å². The topological polar surface area (TPSA) is 83.5 Å². The van der Waals surface area contributed by atoms with Crippen molar-refractivity contribution in [2.75, 3.05) is 29.9 Å². The largest absolute Gasteiger partial charge is 0.444 e. The van der Waals surface area contributed by atoms with Crippen LogP contribution in [0.2, 0.25) is 0 Å². The Balaban J connectivity index is 1.28. The van der Waals surface area contributed by atoms with E-state index in [2.05, 4.69) is 33.4 Å². The fraction of sp³-hybridized carbons (Fsp3) is 0.429. The maximum absolute atomic E-state index is 12.4. The summed E-state index contributed by atoms with van der Waals surface area (Å²) in [6.45, 7) is 7.87. The van der Waals surface area contributed by atoms with E-state index >= 15 is 0 Å². The van der Waals surface area contributed by atoms with Gasteiger partial charge in [0, 0.05) is 43.6 Å². The van der Waals surface area contributed by atoms with Gasteiger partial charge in [-0.25, -0.2) is 9.78 Å². The molecule has 0 atom stereocenters. The average molecular weight is 487 g/mol. The van der Waals surface area contributed by atoms with Crippen LogP contribution in [0, 0.1) is 0 Å². The zero-order valence-electron chi connectivity index (χ0n) is 21.3. The Labute approximate surface area is 212 Å². The summed E-state index contributed by atoms with van der Waals surface area (Å²) in [6, 6.07) is 14.7. The summed E-state index contributed by atoms with van der Waals surface area (Å²) in [5.41, 5.74) is 3.98. The normalized spacial score (nSPS) is 16.4. The predicted molar refractivity (Wildman–Crippen MR) is 141 cm³/mol. The van der Waals surface area contributed by atoms with Crippen molar-refractivity contribution in [1.82, 2.24) is 19.9 Å². The summed E-state index contributed by atoms with van der Waals surface area (Å²) < 4.78 is 5.51.